The van der Waals surface area contributed by atoms with Gasteiger partial charge in [-0.15, -0.1) is 0 Å². The molecule has 0 radical (unpaired) electrons. The van der Waals surface area contributed by atoms with Gasteiger partial charge in [0, 0.05) is 6.54 Å². The summed E-state index contributed by atoms with van der Waals surface area (Å²) in [5, 5.41) is 12.4. The summed E-state index contributed by atoms with van der Waals surface area (Å²) < 4.78 is 5.31. The van der Waals surface area contributed by atoms with Gasteiger partial charge >= 0.3 is 0 Å². The Morgan fingerprint density at radius 2 is 2.43 bits per heavy atom. The second-order valence-corrected chi connectivity index (χ2v) is 3.65. The summed E-state index contributed by atoms with van der Waals surface area (Å²) in [6, 6.07) is 0.213. The van der Waals surface area contributed by atoms with Gasteiger partial charge in [-0.05, 0) is 26.1 Å². The minimum absolute atomic E-state index is 0.210. The molecule has 0 aromatic rings. The zero-order valence-electron chi connectivity index (χ0n) is 9.04. The van der Waals surface area contributed by atoms with Crippen LogP contribution in [0.4, 0.5) is 0 Å². The van der Waals surface area contributed by atoms with Gasteiger partial charge in [-0.3, -0.25) is 4.90 Å². The standard InChI is InChI=1S/C10H22N2O2/c1-2-11-4-3-5-12-6-7-14-9-10(12)8-13/h10-11,13H,2-9H2,1H3. The van der Waals surface area contributed by atoms with Crippen LogP contribution in [0.2, 0.25) is 0 Å². The van der Waals surface area contributed by atoms with E-state index in [1.54, 1.807) is 0 Å². The number of hydrogen-bond acceptors (Lipinski definition) is 4. The van der Waals surface area contributed by atoms with Crippen LogP contribution in [0, 0.1) is 0 Å². The number of aliphatic hydroxyl groups is 1. The molecule has 1 aliphatic heterocycles. The average Bonchev–Trinajstić information content (AvgIpc) is 2.25. The molecular formula is C10H22N2O2. The number of aliphatic hydroxyl groups excluding tert-OH is 1. The predicted octanol–water partition coefficient (Wildman–Crippen LogP) is -0.321. The monoisotopic (exact) mass is 202 g/mol. The zero-order valence-corrected chi connectivity index (χ0v) is 9.04. The van der Waals surface area contributed by atoms with Crippen molar-refractivity contribution < 1.29 is 9.84 Å². The first-order chi connectivity index (χ1) is 6.88. The third-order valence-corrected chi connectivity index (χ3v) is 2.61. The van der Waals surface area contributed by atoms with Crippen molar-refractivity contribution in [2.45, 2.75) is 19.4 Å². The van der Waals surface area contributed by atoms with E-state index < -0.39 is 0 Å². The van der Waals surface area contributed by atoms with Gasteiger partial charge in [-0.25, -0.2) is 0 Å². The fraction of sp³-hybridized carbons (Fsp3) is 1.00. The lowest BCUT2D eigenvalue weighted by molar-refractivity contribution is -0.0275. The molecule has 0 saturated carbocycles. The Morgan fingerprint density at radius 1 is 1.57 bits per heavy atom. The summed E-state index contributed by atoms with van der Waals surface area (Å²) in [6.07, 6.45) is 1.14. The number of morpholine rings is 1. The number of ether oxygens (including phenoxy) is 1. The molecule has 4 heteroatoms. The first kappa shape index (κ1) is 11.9. The molecule has 0 bridgehead atoms. The van der Waals surface area contributed by atoms with Gasteiger partial charge in [0.05, 0.1) is 25.9 Å². The molecule has 1 atom stereocenters. The van der Waals surface area contributed by atoms with Crippen molar-refractivity contribution in [3.63, 3.8) is 0 Å². The quantitative estimate of drug-likeness (QED) is 0.579. The van der Waals surface area contributed by atoms with Crippen molar-refractivity contribution in [3.8, 4) is 0 Å². The lowest BCUT2D eigenvalue weighted by atomic mass is 10.2. The van der Waals surface area contributed by atoms with E-state index in [-0.39, 0.29) is 12.6 Å². The molecule has 0 aliphatic carbocycles. The fourth-order valence-corrected chi connectivity index (χ4v) is 1.74. The third-order valence-electron chi connectivity index (χ3n) is 2.61. The molecule has 0 aromatic heterocycles. The maximum atomic E-state index is 9.13. The van der Waals surface area contributed by atoms with Crippen LogP contribution >= 0.6 is 0 Å². The SMILES string of the molecule is CCNCCCN1CCOCC1CO. The van der Waals surface area contributed by atoms with Crippen molar-refractivity contribution in [2.75, 3.05) is 46.0 Å². The van der Waals surface area contributed by atoms with Crippen LogP contribution in [0.1, 0.15) is 13.3 Å². The van der Waals surface area contributed by atoms with E-state index in [1.807, 2.05) is 0 Å². The summed E-state index contributed by atoms with van der Waals surface area (Å²) in [6.45, 7) is 7.92. The second kappa shape index (κ2) is 7.17. The molecule has 1 unspecified atom stereocenters. The Balaban J connectivity index is 2.13. The van der Waals surface area contributed by atoms with Crippen LogP contribution in [-0.4, -0.2) is 62.0 Å². The normalized spacial score (nSPS) is 24.0. The van der Waals surface area contributed by atoms with E-state index in [0.717, 1.165) is 39.2 Å². The van der Waals surface area contributed by atoms with Gasteiger partial charge in [0.1, 0.15) is 0 Å². The first-order valence-electron chi connectivity index (χ1n) is 5.51. The molecule has 1 fully saturated rings. The van der Waals surface area contributed by atoms with Crippen molar-refractivity contribution in [2.24, 2.45) is 0 Å². The molecule has 1 aliphatic rings. The Kier molecular flexibility index (Phi) is 6.10. The first-order valence-corrected chi connectivity index (χ1v) is 5.51. The van der Waals surface area contributed by atoms with Gasteiger partial charge < -0.3 is 15.2 Å². The lowest BCUT2D eigenvalue weighted by Crippen LogP contribution is -2.48. The average molecular weight is 202 g/mol. The molecular weight excluding hydrogens is 180 g/mol. The summed E-state index contributed by atoms with van der Waals surface area (Å²) in [7, 11) is 0. The molecule has 1 heterocycles. The summed E-state index contributed by atoms with van der Waals surface area (Å²) >= 11 is 0. The minimum atomic E-state index is 0.210. The van der Waals surface area contributed by atoms with E-state index >= 15 is 0 Å². The molecule has 0 aromatic carbocycles. The summed E-state index contributed by atoms with van der Waals surface area (Å²) in [5.41, 5.74) is 0. The van der Waals surface area contributed by atoms with Crippen LogP contribution in [0.15, 0.2) is 0 Å². The van der Waals surface area contributed by atoms with Gasteiger partial charge in [0.2, 0.25) is 0 Å². The lowest BCUT2D eigenvalue weighted by Gasteiger charge is -2.34. The Bertz CT molecular complexity index is 144. The van der Waals surface area contributed by atoms with Gasteiger partial charge in [-0.2, -0.15) is 0 Å². The smallest absolute Gasteiger partial charge is 0.0644 e. The van der Waals surface area contributed by atoms with E-state index in [0.29, 0.717) is 6.61 Å². The number of rotatable bonds is 6. The van der Waals surface area contributed by atoms with Crippen molar-refractivity contribution >= 4 is 0 Å². The highest BCUT2D eigenvalue weighted by Crippen LogP contribution is 2.06. The van der Waals surface area contributed by atoms with Crippen LogP contribution in [0.25, 0.3) is 0 Å². The zero-order chi connectivity index (χ0) is 10.2. The number of nitrogens with one attached hydrogen (secondary N) is 1. The Labute approximate surface area is 86.2 Å². The summed E-state index contributed by atoms with van der Waals surface area (Å²) in [4.78, 5) is 2.32. The van der Waals surface area contributed by atoms with Gasteiger partial charge in [0.25, 0.3) is 0 Å². The van der Waals surface area contributed by atoms with E-state index in [4.69, 9.17) is 9.84 Å². The molecule has 4 nitrogen and oxygen atoms in total. The van der Waals surface area contributed by atoms with E-state index in [9.17, 15) is 0 Å². The molecule has 14 heavy (non-hydrogen) atoms. The van der Waals surface area contributed by atoms with Gasteiger partial charge in [-0.1, -0.05) is 6.92 Å². The molecule has 0 spiro atoms. The molecule has 2 N–H and O–H groups in total. The highest BCUT2D eigenvalue weighted by molar-refractivity contribution is 4.74. The highest BCUT2D eigenvalue weighted by Gasteiger charge is 2.21. The predicted molar refractivity (Wildman–Crippen MR) is 56.4 cm³/mol. The van der Waals surface area contributed by atoms with Gasteiger partial charge in [0.15, 0.2) is 0 Å². The maximum Gasteiger partial charge on any atom is 0.0644 e. The topological polar surface area (TPSA) is 44.7 Å². The van der Waals surface area contributed by atoms with Crippen LogP contribution in [0.3, 0.4) is 0 Å². The summed E-state index contributed by atoms with van der Waals surface area (Å²) in [5.74, 6) is 0. The van der Waals surface area contributed by atoms with Crippen LogP contribution in [0.5, 0.6) is 0 Å². The Hall–Kier alpha value is -0.160. The largest absolute Gasteiger partial charge is 0.395 e. The van der Waals surface area contributed by atoms with Crippen molar-refractivity contribution in [1.29, 1.82) is 0 Å². The highest BCUT2D eigenvalue weighted by atomic mass is 16.5. The molecule has 84 valence electrons. The number of hydrogen-bond donors (Lipinski definition) is 2. The van der Waals surface area contributed by atoms with Crippen LogP contribution < -0.4 is 5.32 Å². The van der Waals surface area contributed by atoms with E-state index in [2.05, 4.69) is 17.1 Å². The van der Waals surface area contributed by atoms with Crippen molar-refractivity contribution in [1.82, 2.24) is 10.2 Å². The Morgan fingerprint density at radius 3 is 3.14 bits per heavy atom. The number of nitrogens with zero attached hydrogens (tertiary/aromatic N) is 1. The third kappa shape index (κ3) is 3.92. The fourth-order valence-electron chi connectivity index (χ4n) is 1.74. The maximum absolute atomic E-state index is 9.13. The molecule has 0 amide bonds. The molecule has 1 rings (SSSR count). The van der Waals surface area contributed by atoms with E-state index in [1.165, 1.54) is 0 Å². The minimum Gasteiger partial charge on any atom is -0.395 e. The van der Waals surface area contributed by atoms with Crippen LogP contribution in [-0.2, 0) is 4.74 Å². The second-order valence-electron chi connectivity index (χ2n) is 3.65. The van der Waals surface area contributed by atoms with Crippen molar-refractivity contribution in [3.05, 3.63) is 0 Å². The molecule has 1 saturated heterocycles.